The lowest BCUT2D eigenvalue weighted by Gasteiger charge is -2.18. The third kappa shape index (κ3) is 3.76. The summed E-state index contributed by atoms with van der Waals surface area (Å²) >= 11 is 0. The van der Waals surface area contributed by atoms with Gasteiger partial charge in [0.2, 0.25) is 5.89 Å². The smallest absolute Gasteiger partial charge is 0.306 e. The molecule has 2 aromatic heterocycles. The second-order valence-electron chi connectivity index (χ2n) is 5.60. The molecule has 1 N–H and O–H groups in total. The van der Waals surface area contributed by atoms with E-state index in [9.17, 15) is 15.2 Å². The molecule has 0 spiro atoms. The van der Waals surface area contributed by atoms with Crippen LogP contribution in [0.2, 0.25) is 0 Å². The molecule has 24 heavy (non-hydrogen) atoms. The lowest BCUT2D eigenvalue weighted by atomic mass is 10.3. The number of oxazole rings is 1. The molecule has 0 saturated carbocycles. The van der Waals surface area contributed by atoms with E-state index < -0.39 is 11.0 Å². The van der Waals surface area contributed by atoms with Crippen molar-refractivity contribution in [2.24, 2.45) is 0 Å². The van der Waals surface area contributed by atoms with E-state index in [2.05, 4.69) is 10.1 Å². The van der Waals surface area contributed by atoms with Crippen LogP contribution < -0.4 is 0 Å². The average Bonchev–Trinajstić information content (AvgIpc) is 3.12. The molecule has 3 rings (SSSR count). The minimum atomic E-state index is -0.723. The van der Waals surface area contributed by atoms with Gasteiger partial charge in [0.25, 0.3) is 0 Å². The predicted molar refractivity (Wildman–Crippen MR) is 85.2 cm³/mol. The molecule has 0 saturated heterocycles. The normalized spacial score (nSPS) is 12.8. The Hall–Kier alpha value is -2.78. The fraction of sp³-hybridized carbons (Fsp3) is 0.333. The summed E-state index contributed by atoms with van der Waals surface area (Å²) in [7, 11) is 1.84. The average molecular weight is 331 g/mol. The molecular formula is C15H17N5O4. The maximum atomic E-state index is 10.6. The number of aliphatic hydroxyl groups is 1. The van der Waals surface area contributed by atoms with E-state index in [1.54, 1.807) is 0 Å². The fourth-order valence-electron chi connectivity index (χ4n) is 2.46. The number of rotatable bonds is 7. The number of hydrogen-bond donors (Lipinski definition) is 1. The Labute approximate surface area is 137 Å². The van der Waals surface area contributed by atoms with Crippen LogP contribution in [0.1, 0.15) is 5.89 Å². The number of aromatic nitrogens is 3. The summed E-state index contributed by atoms with van der Waals surface area (Å²) in [6.07, 6.45) is 1.73. The summed E-state index contributed by atoms with van der Waals surface area (Å²) in [6.45, 7) is 0.975. The molecule has 0 bridgehead atoms. The molecule has 3 aromatic rings. The Morgan fingerprint density at radius 2 is 2.25 bits per heavy atom. The van der Waals surface area contributed by atoms with Crippen LogP contribution in [0.25, 0.3) is 11.1 Å². The lowest BCUT2D eigenvalue weighted by molar-refractivity contribution is -0.385. The van der Waals surface area contributed by atoms with Crippen LogP contribution in [-0.2, 0) is 13.1 Å². The Kier molecular flexibility index (Phi) is 4.54. The molecule has 1 atom stereocenters. The Balaban J connectivity index is 1.55. The van der Waals surface area contributed by atoms with Gasteiger partial charge in [0.1, 0.15) is 17.9 Å². The first-order chi connectivity index (χ1) is 11.5. The number of aliphatic hydroxyl groups excluding tert-OH is 1. The van der Waals surface area contributed by atoms with Gasteiger partial charge in [-0.25, -0.2) is 4.98 Å². The maximum Gasteiger partial charge on any atom is 0.306 e. The molecule has 0 aliphatic heterocycles. The fourth-order valence-corrected chi connectivity index (χ4v) is 2.46. The van der Waals surface area contributed by atoms with Crippen molar-refractivity contribution in [3.63, 3.8) is 0 Å². The van der Waals surface area contributed by atoms with Gasteiger partial charge in [-0.05, 0) is 19.2 Å². The third-order valence-electron chi connectivity index (χ3n) is 3.49. The monoisotopic (exact) mass is 331 g/mol. The van der Waals surface area contributed by atoms with E-state index in [-0.39, 0.29) is 12.2 Å². The zero-order valence-electron chi connectivity index (χ0n) is 13.1. The highest BCUT2D eigenvalue weighted by atomic mass is 16.6. The van der Waals surface area contributed by atoms with Crippen LogP contribution >= 0.6 is 0 Å². The standard InChI is InChI=1S/C15H17N5O4/c1-18(10-15-17-13-4-2-3-5-14(13)24-15)8-12(21)9-19-7-11(6-16-19)20(22)23/h2-7,12,21H,8-10H2,1H3. The molecule has 126 valence electrons. The van der Waals surface area contributed by atoms with Crippen LogP contribution in [0.3, 0.4) is 0 Å². The highest BCUT2D eigenvalue weighted by Crippen LogP contribution is 2.15. The number of likely N-dealkylation sites (N-methyl/N-ethyl adjacent to an activating group) is 1. The molecule has 0 fully saturated rings. The van der Waals surface area contributed by atoms with Crippen LogP contribution in [-0.4, -0.2) is 49.4 Å². The zero-order valence-corrected chi connectivity index (χ0v) is 13.1. The van der Waals surface area contributed by atoms with Crippen LogP contribution in [0, 0.1) is 10.1 Å². The van der Waals surface area contributed by atoms with E-state index in [1.807, 2.05) is 36.2 Å². The maximum absolute atomic E-state index is 10.6. The highest BCUT2D eigenvalue weighted by Gasteiger charge is 2.15. The first-order valence-corrected chi connectivity index (χ1v) is 7.39. The summed E-state index contributed by atoms with van der Waals surface area (Å²) in [5.74, 6) is 0.570. The Bertz CT molecular complexity index is 810. The van der Waals surface area contributed by atoms with Gasteiger partial charge in [0, 0.05) is 6.54 Å². The highest BCUT2D eigenvalue weighted by molar-refractivity contribution is 5.72. The molecule has 0 aliphatic rings. The topological polar surface area (TPSA) is 110 Å². The van der Waals surface area contributed by atoms with Crippen molar-refractivity contribution in [1.82, 2.24) is 19.7 Å². The quantitative estimate of drug-likeness (QED) is 0.515. The summed E-state index contributed by atoms with van der Waals surface area (Å²) < 4.78 is 7.00. The van der Waals surface area contributed by atoms with Gasteiger partial charge in [0.05, 0.1) is 24.1 Å². The first-order valence-electron chi connectivity index (χ1n) is 7.39. The van der Waals surface area contributed by atoms with E-state index in [0.717, 1.165) is 17.3 Å². The van der Waals surface area contributed by atoms with E-state index in [4.69, 9.17) is 4.42 Å². The van der Waals surface area contributed by atoms with Crippen molar-refractivity contribution in [3.8, 4) is 0 Å². The summed E-state index contributed by atoms with van der Waals surface area (Å²) in [6, 6.07) is 7.51. The summed E-state index contributed by atoms with van der Waals surface area (Å²) in [4.78, 5) is 16.4. The van der Waals surface area contributed by atoms with Gasteiger partial charge in [-0.3, -0.25) is 19.7 Å². The van der Waals surface area contributed by atoms with Crippen LogP contribution in [0.5, 0.6) is 0 Å². The molecule has 0 radical (unpaired) electrons. The largest absolute Gasteiger partial charge is 0.439 e. The van der Waals surface area contributed by atoms with Gasteiger partial charge in [-0.1, -0.05) is 12.1 Å². The van der Waals surface area contributed by atoms with Gasteiger partial charge in [-0.15, -0.1) is 0 Å². The number of para-hydroxylation sites is 2. The number of nitro groups is 1. The first kappa shape index (κ1) is 16.1. The van der Waals surface area contributed by atoms with Gasteiger partial charge < -0.3 is 9.52 Å². The molecule has 1 unspecified atom stereocenters. The Morgan fingerprint density at radius 3 is 2.96 bits per heavy atom. The van der Waals surface area contributed by atoms with Gasteiger partial charge in [-0.2, -0.15) is 5.10 Å². The number of hydrogen-bond acceptors (Lipinski definition) is 7. The van der Waals surface area contributed by atoms with Crippen molar-refractivity contribution >= 4 is 16.8 Å². The second kappa shape index (κ2) is 6.77. The predicted octanol–water partition coefficient (Wildman–Crippen LogP) is 1.43. The molecule has 9 heteroatoms. The van der Waals surface area contributed by atoms with E-state index >= 15 is 0 Å². The molecule has 0 amide bonds. The minimum absolute atomic E-state index is 0.0953. The van der Waals surface area contributed by atoms with Crippen molar-refractivity contribution in [3.05, 3.63) is 52.7 Å². The van der Waals surface area contributed by atoms with Crippen molar-refractivity contribution in [1.29, 1.82) is 0 Å². The van der Waals surface area contributed by atoms with Crippen molar-refractivity contribution in [2.75, 3.05) is 13.6 Å². The van der Waals surface area contributed by atoms with E-state index in [1.165, 1.54) is 10.9 Å². The zero-order chi connectivity index (χ0) is 17.1. The SMILES string of the molecule is CN(Cc1nc2ccccc2o1)CC(O)Cn1cc([N+](=O)[O-])cn1. The number of fused-ring (bicyclic) bond motifs is 1. The van der Waals surface area contributed by atoms with Gasteiger partial charge >= 0.3 is 5.69 Å². The van der Waals surface area contributed by atoms with Crippen molar-refractivity contribution in [2.45, 2.75) is 19.2 Å². The lowest BCUT2D eigenvalue weighted by Crippen LogP contribution is -2.32. The van der Waals surface area contributed by atoms with Crippen molar-refractivity contribution < 1.29 is 14.4 Å². The molecule has 1 aromatic carbocycles. The molecule has 2 heterocycles. The second-order valence-corrected chi connectivity index (χ2v) is 5.60. The third-order valence-corrected chi connectivity index (χ3v) is 3.49. The Morgan fingerprint density at radius 1 is 1.46 bits per heavy atom. The van der Waals surface area contributed by atoms with Crippen LogP contribution in [0.4, 0.5) is 5.69 Å². The van der Waals surface area contributed by atoms with Gasteiger partial charge in [0.15, 0.2) is 5.58 Å². The number of benzene rings is 1. The van der Waals surface area contributed by atoms with Crippen LogP contribution in [0.15, 0.2) is 41.1 Å². The van der Waals surface area contributed by atoms with E-state index in [0.29, 0.717) is 19.0 Å². The molecular weight excluding hydrogens is 314 g/mol. The summed E-state index contributed by atoms with van der Waals surface area (Å²) in [5, 5.41) is 24.6. The summed E-state index contributed by atoms with van der Waals surface area (Å²) in [5.41, 5.74) is 1.43. The minimum Gasteiger partial charge on any atom is -0.439 e. The molecule has 0 aliphatic carbocycles. The molecule has 9 nitrogen and oxygen atoms in total. The number of nitrogens with zero attached hydrogens (tertiary/aromatic N) is 5.